The number of nitrogens with zero attached hydrogens (tertiary/aromatic N) is 1. The van der Waals surface area contributed by atoms with E-state index in [2.05, 4.69) is 0 Å². The first-order valence-corrected chi connectivity index (χ1v) is 7.24. The third kappa shape index (κ3) is 2.74. The van der Waals surface area contributed by atoms with Gasteiger partial charge in [0.2, 0.25) is 0 Å². The van der Waals surface area contributed by atoms with Crippen LogP contribution < -0.4 is 5.73 Å². The van der Waals surface area contributed by atoms with Crippen molar-refractivity contribution in [3.05, 3.63) is 30.0 Å². The average Bonchev–Trinajstić information content (AvgIpc) is 3.03. The summed E-state index contributed by atoms with van der Waals surface area (Å²) in [7, 11) is 1.69. The molecule has 0 bridgehead atoms. The first-order valence-electron chi connectivity index (χ1n) is 7.24. The summed E-state index contributed by atoms with van der Waals surface area (Å²) in [5.41, 5.74) is 6.25. The molecule has 1 heterocycles. The zero-order valence-electron chi connectivity index (χ0n) is 12.1. The molecular weight excluding hydrogens is 268 g/mol. The summed E-state index contributed by atoms with van der Waals surface area (Å²) in [5, 5.41) is 11.2. The standard InChI is InChI=1S/C16H20N2O3/c1-18(10-16(20)6-2-3-7-16)15(19)14-9-11-8-12(17)4-5-13(11)21-14/h4-5,8-9,20H,2-3,6-7,10,17H2,1H3. The van der Waals surface area contributed by atoms with Crippen molar-refractivity contribution in [2.24, 2.45) is 0 Å². The van der Waals surface area contributed by atoms with Crippen LogP contribution in [-0.2, 0) is 0 Å². The minimum Gasteiger partial charge on any atom is -0.451 e. The van der Waals surface area contributed by atoms with Crippen LogP contribution in [-0.4, -0.2) is 35.1 Å². The highest BCUT2D eigenvalue weighted by molar-refractivity contribution is 5.96. The molecule has 1 saturated carbocycles. The molecule has 0 saturated heterocycles. The molecule has 5 heteroatoms. The Morgan fingerprint density at radius 1 is 1.38 bits per heavy atom. The largest absolute Gasteiger partial charge is 0.451 e. The van der Waals surface area contributed by atoms with Crippen LogP contribution >= 0.6 is 0 Å². The summed E-state index contributed by atoms with van der Waals surface area (Å²) in [5.74, 6) is 0.0600. The van der Waals surface area contributed by atoms with Crippen LogP contribution in [0.15, 0.2) is 28.7 Å². The number of furan rings is 1. The molecule has 5 nitrogen and oxygen atoms in total. The Morgan fingerprint density at radius 2 is 2.10 bits per heavy atom. The topological polar surface area (TPSA) is 79.7 Å². The van der Waals surface area contributed by atoms with E-state index in [1.807, 2.05) is 0 Å². The molecule has 1 aliphatic rings. The van der Waals surface area contributed by atoms with E-state index in [1.54, 1.807) is 31.3 Å². The molecule has 1 amide bonds. The second-order valence-corrected chi connectivity index (χ2v) is 6.00. The Hall–Kier alpha value is -2.01. The smallest absolute Gasteiger partial charge is 0.289 e. The Bertz CT molecular complexity index is 671. The molecule has 2 aromatic rings. The van der Waals surface area contributed by atoms with Gasteiger partial charge in [-0.2, -0.15) is 0 Å². The lowest BCUT2D eigenvalue weighted by atomic mass is 10.0. The van der Waals surface area contributed by atoms with Gasteiger partial charge in [-0.1, -0.05) is 12.8 Å². The van der Waals surface area contributed by atoms with E-state index in [9.17, 15) is 9.90 Å². The van der Waals surface area contributed by atoms with E-state index < -0.39 is 5.60 Å². The number of nitrogen functional groups attached to an aromatic ring is 1. The van der Waals surface area contributed by atoms with E-state index >= 15 is 0 Å². The third-order valence-electron chi connectivity index (χ3n) is 4.16. The number of hydrogen-bond donors (Lipinski definition) is 2. The number of likely N-dealkylation sites (N-methyl/N-ethyl adjacent to an activating group) is 1. The van der Waals surface area contributed by atoms with Crippen molar-refractivity contribution in [2.45, 2.75) is 31.3 Å². The Labute approximate surface area is 123 Å². The van der Waals surface area contributed by atoms with E-state index in [-0.39, 0.29) is 11.7 Å². The first-order chi connectivity index (χ1) is 9.97. The molecule has 1 aromatic heterocycles. The molecule has 0 unspecified atom stereocenters. The second-order valence-electron chi connectivity index (χ2n) is 6.00. The monoisotopic (exact) mass is 288 g/mol. The SMILES string of the molecule is CN(CC1(O)CCCC1)C(=O)c1cc2cc(N)ccc2o1. The molecule has 0 spiro atoms. The van der Waals surface area contributed by atoms with E-state index in [1.165, 1.54) is 4.90 Å². The number of carbonyl (C=O) groups excluding carboxylic acids is 1. The maximum atomic E-state index is 12.4. The van der Waals surface area contributed by atoms with Crippen LogP contribution in [0.2, 0.25) is 0 Å². The van der Waals surface area contributed by atoms with Crippen LogP contribution in [0.4, 0.5) is 5.69 Å². The van der Waals surface area contributed by atoms with Gasteiger partial charge in [0.1, 0.15) is 5.58 Å². The quantitative estimate of drug-likeness (QED) is 0.850. The number of nitrogens with two attached hydrogens (primary N) is 1. The summed E-state index contributed by atoms with van der Waals surface area (Å²) in [6.07, 6.45) is 3.54. The summed E-state index contributed by atoms with van der Waals surface area (Å²) in [6.45, 7) is 0.338. The van der Waals surface area contributed by atoms with E-state index in [0.717, 1.165) is 31.1 Å². The van der Waals surface area contributed by atoms with Crippen LogP contribution in [0.5, 0.6) is 0 Å². The molecule has 0 aliphatic heterocycles. The number of fused-ring (bicyclic) bond motifs is 1. The molecule has 0 atom stereocenters. The Kier molecular flexibility index (Phi) is 3.37. The van der Waals surface area contributed by atoms with Crippen molar-refractivity contribution in [3.8, 4) is 0 Å². The highest BCUT2D eigenvalue weighted by atomic mass is 16.3. The number of carbonyl (C=O) groups is 1. The normalized spacial score (nSPS) is 17.2. The van der Waals surface area contributed by atoms with Crippen molar-refractivity contribution < 1.29 is 14.3 Å². The molecule has 1 aliphatic carbocycles. The zero-order chi connectivity index (χ0) is 15.0. The molecule has 0 radical (unpaired) electrons. The van der Waals surface area contributed by atoms with Gasteiger partial charge in [-0.3, -0.25) is 4.79 Å². The molecule has 1 aromatic carbocycles. The predicted molar refractivity (Wildman–Crippen MR) is 81.0 cm³/mol. The van der Waals surface area contributed by atoms with E-state index in [4.69, 9.17) is 10.2 Å². The minimum atomic E-state index is -0.749. The summed E-state index contributed by atoms with van der Waals surface area (Å²) >= 11 is 0. The number of amides is 1. The number of anilines is 1. The predicted octanol–water partition coefficient (Wildman–Crippen LogP) is 2.39. The summed E-state index contributed by atoms with van der Waals surface area (Å²) in [6, 6.07) is 6.97. The lowest BCUT2D eigenvalue weighted by Gasteiger charge is -2.28. The van der Waals surface area contributed by atoms with Gasteiger partial charge in [0, 0.05) is 24.7 Å². The summed E-state index contributed by atoms with van der Waals surface area (Å²) in [4.78, 5) is 14.0. The highest BCUT2D eigenvalue weighted by Gasteiger charge is 2.34. The van der Waals surface area contributed by atoms with Gasteiger partial charge in [-0.25, -0.2) is 0 Å². The number of benzene rings is 1. The molecule has 3 N–H and O–H groups in total. The second kappa shape index (κ2) is 5.07. The van der Waals surface area contributed by atoms with Crippen LogP contribution in [0.3, 0.4) is 0 Å². The van der Waals surface area contributed by atoms with Crippen molar-refractivity contribution in [1.29, 1.82) is 0 Å². The maximum Gasteiger partial charge on any atom is 0.289 e. The number of rotatable bonds is 3. The van der Waals surface area contributed by atoms with Gasteiger partial charge in [-0.05, 0) is 37.1 Å². The number of hydrogen-bond acceptors (Lipinski definition) is 4. The molecule has 1 fully saturated rings. The molecular formula is C16H20N2O3. The fourth-order valence-corrected chi connectivity index (χ4v) is 3.06. The van der Waals surface area contributed by atoms with Gasteiger partial charge in [0.15, 0.2) is 5.76 Å². The molecule has 21 heavy (non-hydrogen) atoms. The van der Waals surface area contributed by atoms with Crippen LogP contribution in [0.1, 0.15) is 36.2 Å². The van der Waals surface area contributed by atoms with Crippen molar-refractivity contribution >= 4 is 22.6 Å². The van der Waals surface area contributed by atoms with Gasteiger partial charge in [-0.15, -0.1) is 0 Å². The average molecular weight is 288 g/mol. The molecule has 112 valence electrons. The van der Waals surface area contributed by atoms with Gasteiger partial charge in [0.25, 0.3) is 5.91 Å². The fourth-order valence-electron chi connectivity index (χ4n) is 3.06. The Balaban J connectivity index is 1.79. The van der Waals surface area contributed by atoms with Crippen molar-refractivity contribution in [2.75, 3.05) is 19.3 Å². The lowest BCUT2D eigenvalue weighted by molar-refractivity contribution is 0.0147. The zero-order valence-corrected chi connectivity index (χ0v) is 12.1. The van der Waals surface area contributed by atoms with E-state index in [0.29, 0.717) is 17.8 Å². The highest BCUT2D eigenvalue weighted by Crippen LogP contribution is 2.30. The van der Waals surface area contributed by atoms with Crippen molar-refractivity contribution in [1.82, 2.24) is 4.90 Å². The Morgan fingerprint density at radius 3 is 2.81 bits per heavy atom. The van der Waals surface area contributed by atoms with Gasteiger partial charge >= 0.3 is 0 Å². The third-order valence-corrected chi connectivity index (χ3v) is 4.16. The van der Waals surface area contributed by atoms with Gasteiger partial charge < -0.3 is 20.2 Å². The van der Waals surface area contributed by atoms with Crippen molar-refractivity contribution in [3.63, 3.8) is 0 Å². The number of aliphatic hydroxyl groups is 1. The van der Waals surface area contributed by atoms with Crippen LogP contribution in [0, 0.1) is 0 Å². The minimum absolute atomic E-state index is 0.218. The molecule has 3 rings (SSSR count). The maximum absolute atomic E-state index is 12.4. The van der Waals surface area contributed by atoms with Crippen LogP contribution in [0.25, 0.3) is 11.0 Å². The first kappa shape index (κ1) is 13.9. The summed E-state index contributed by atoms with van der Waals surface area (Å²) < 4.78 is 5.57. The van der Waals surface area contributed by atoms with Gasteiger partial charge in [0.05, 0.1) is 5.60 Å². The fraction of sp³-hybridized carbons (Fsp3) is 0.438. The lowest BCUT2D eigenvalue weighted by Crippen LogP contribution is -2.41.